The molecule has 0 aliphatic rings. The predicted molar refractivity (Wildman–Crippen MR) is 107 cm³/mol. The Labute approximate surface area is 163 Å². The average Bonchev–Trinajstić information content (AvgIpc) is 2.92. The number of hydrogen-bond donors (Lipinski definition) is 0. The third-order valence-electron chi connectivity index (χ3n) is 4.43. The molecule has 0 radical (unpaired) electrons. The van der Waals surface area contributed by atoms with Crippen molar-refractivity contribution in [3.05, 3.63) is 75.5 Å². The number of amides is 1. The summed E-state index contributed by atoms with van der Waals surface area (Å²) in [4.78, 5) is 14.4. The average molecular weight is 388 g/mol. The largest absolute Gasteiger partial charge is 0.315 e. The minimum atomic E-state index is 0.0103. The zero-order valence-electron chi connectivity index (χ0n) is 14.8. The fourth-order valence-corrected chi connectivity index (χ4v) is 3.16. The number of para-hydroxylation sites is 1. The van der Waals surface area contributed by atoms with E-state index in [1.807, 2.05) is 50.2 Å². The molecule has 2 aromatic carbocycles. The SMILES string of the molecule is Cc1nn(-c2ccc(Cl)c(Cl)c2)c(C)c1CC(=O)N(C)c1ccccc1. The van der Waals surface area contributed by atoms with E-state index in [-0.39, 0.29) is 12.3 Å². The van der Waals surface area contributed by atoms with Gasteiger partial charge < -0.3 is 4.90 Å². The topological polar surface area (TPSA) is 38.1 Å². The monoisotopic (exact) mass is 387 g/mol. The smallest absolute Gasteiger partial charge is 0.231 e. The minimum absolute atomic E-state index is 0.0103. The van der Waals surface area contributed by atoms with Gasteiger partial charge in [-0.25, -0.2) is 4.68 Å². The van der Waals surface area contributed by atoms with Gasteiger partial charge in [0.15, 0.2) is 0 Å². The minimum Gasteiger partial charge on any atom is -0.315 e. The number of carbonyl (C=O) groups is 1. The highest BCUT2D eigenvalue weighted by atomic mass is 35.5. The van der Waals surface area contributed by atoms with Crippen LogP contribution in [0.3, 0.4) is 0 Å². The van der Waals surface area contributed by atoms with Gasteiger partial charge in [0.25, 0.3) is 0 Å². The van der Waals surface area contributed by atoms with Crippen molar-refractivity contribution in [2.24, 2.45) is 0 Å². The Morgan fingerprint density at radius 3 is 2.42 bits per heavy atom. The number of rotatable bonds is 4. The molecule has 3 rings (SSSR count). The van der Waals surface area contributed by atoms with E-state index in [2.05, 4.69) is 5.10 Å². The highest BCUT2D eigenvalue weighted by Crippen LogP contribution is 2.26. The number of nitrogens with zero attached hydrogens (tertiary/aromatic N) is 3. The van der Waals surface area contributed by atoms with Crippen molar-refractivity contribution in [1.29, 1.82) is 0 Å². The second kappa shape index (κ2) is 7.52. The second-order valence-electron chi connectivity index (χ2n) is 6.12. The highest BCUT2D eigenvalue weighted by molar-refractivity contribution is 6.42. The van der Waals surface area contributed by atoms with Gasteiger partial charge in [-0.3, -0.25) is 4.79 Å². The van der Waals surface area contributed by atoms with Crippen LogP contribution in [-0.2, 0) is 11.2 Å². The lowest BCUT2D eigenvalue weighted by Crippen LogP contribution is -2.28. The summed E-state index contributed by atoms with van der Waals surface area (Å²) in [6.45, 7) is 3.86. The van der Waals surface area contributed by atoms with E-state index in [0.29, 0.717) is 10.0 Å². The molecular weight excluding hydrogens is 369 g/mol. The van der Waals surface area contributed by atoms with Crippen molar-refractivity contribution in [2.75, 3.05) is 11.9 Å². The highest BCUT2D eigenvalue weighted by Gasteiger charge is 2.19. The number of aryl methyl sites for hydroxylation is 1. The molecule has 1 heterocycles. The van der Waals surface area contributed by atoms with E-state index in [9.17, 15) is 4.79 Å². The molecule has 0 aliphatic carbocycles. The molecule has 0 saturated heterocycles. The van der Waals surface area contributed by atoms with Gasteiger partial charge in [-0.2, -0.15) is 5.10 Å². The normalized spacial score (nSPS) is 10.8. The van der Waals surface area contributed by atoms with Crippen LogP contribution < -0.4 is 4.90 Å². The van der Waals surface area contributed by atoms with Crippen molar-refractivity contribution in [1.82, 2.24) is 9.78 Å². The summed E-state index contributed by atoms with van der Waals surface area (Å²) >= 11 is 12.1. The summed E-state index contributed by atoms with van der Waals surface area (Å²) in [5.41, 5.74) is 4.34. The lowest BCUT2D eigenvalue weighted by molar-refractivity contribution is -0.117. The molecule has 134 valence electrons. The van der Waals surface area contributed by atoms with Crippen LogP contribution in [0.1, 0.15) is 17.0 Å². The molecule has 26 heavy (non-hydrogen) atoms. The van der Waals surface area contributed by atoms with Crippen molar-refractivity contribution in [2.45, 2.75) is 20.3 Å². The Kier molecular flexibility index (Phi) is 5.35. The third kappa shape index (κ3) is 3.62. The number of likely N-dealkylation sites (N-methyl/N-ethyl adjacent to an activating group) is 1. The van der Waals surface area contributed by atoms with E-state index in [4.69, 9.17) is 23.2 Å². The predicted octanol–water partition coefficient (Wildman–Crippen LogP) is 5.00. The van der Waals surface area contributed by atoms with Gasteiger partial charge in [-0.15, -0.1) is 0 Å². The Morgan fingerprint density at radius 2 is 1.77 bits per heavy atom. The molecule has 0 aliphatic heterocycles. The molecule has 6 heteroatoms. The molecule has 0 fully saturated rings. The molecule has 0 atom stereocenters. The first-order valence-corrected chi connectivity index (χ1v) is 8.96. The van der Waals surface area contributed by atoms with Gasteiger partial charge in [-0.05, 0) is 44.2 Å². The lowest BCUT2D eigenvalue weighted by Gasteiger charge is -2.17. The van der Waals surface area contributed by atoms with Gasteiger partial charge in [-0.1, -0.05) is 41.4 Å². The van der Waals surface area contributed by atoms with Crippen LogP contribution in [0.15, 0.2) is 48.5 Å². The number of anilines is 1. The quantitative estimate of drug-likeness (QED) is 0.631. The second-order valence-corrected chi connectivity index (χ2v) is 6.94. The van der Waals surface area contributed by atoms with Gasteiger partial charge in [0.05, 0.1) is 27.8 Å². The van der Waals surface area contributed by atoms with Crippen LogP contribution in [-0.4, -0.2) is 22.7 Å². The van der Waals surface area contributed by atoms with Gasteiger partial charge in [0, 0.05) is 24.0 Å². The van der Waals surface area contributed by atoms with E-state index >= 15 is 0 Å². The third-order valence-corrected chi connectivity index (χ3v) is 5.17. The Morgan fingerprint density at radius 1 is 1.08 bits per heavy atom. The molecule has 0 unspecified atom stereocenters. The molecule has 1 aromatic heterocycles. The number of hydrogen-bond acceptors (Lipinski definition) is 2. The van der Waals surface area contributed by atoms with Crippen molar-refractivity contribution in [3.8, 4) is 5.69 Å². The maximum absolute atomic E-state index is 12.7. The lowest BCUT2D eigenvalue weighted by atomic mass is 10.1. The van der Waals surface area contributed by atoms with Crippen molar-refractivity contribution < 1.29 is 4.79 Å². The first kappa shape index (κ1) is 18.5. The molecule has 0 N–H and O–H groups in total. The van der Waals surface area contributed by atoms with Crippen LogP contribution in [0.25, 0.3) is 5.69 Å². The van der Waals surface area contributed by atoms with Crippen LogP contribution in [0.4, 0.5) is 5.69 Å². The summed E-state index contributed by atoms with van der Waals surface area (Å²) in [7, 11) is 1.78. The van der Waals surface area contributed by atoms with E-state index in [1.165, 1.54) is 0 Å². The summed E-state index contributed by atoms with van der Waals surface area (Å²) < 4.78 is 1.79. The number of carbonyl (C=O) groups excluding carboxylic acids is 1. The van der Waals surface area contributed by atoms with E-state index in [0.717, 1.165) is 28.3 Å². The van der Waals surface area contributed by atoms with Gasteiger partial charge in [0.1, 0.15) is 0 Å². The van der Waals surface area contributed by atoms with Crippen LogP contribution in [0.2, 0.25) is 10.0 Å². The molecule has 1 amide bonds. The fourth-order valence-electron chi connectivity index (χ4n) is 2.86. The van der Waals surface area contributed by atoms with Crippen molar-refractivity contribution in [3.63, 3.8) is 0 Å². The number of halogens is 2. The Hall–Kier alpha value is -2.30. The molecule has 3 aromatic rings. The van der Waals surface area contributed by atoms with Gasteiger partial charge >= 0.3 is 0 Å². The molecular formula is C20H19Cl2N3O. The fraction of sp³-hybridized carbons (Fsp3) is 0.200. The summed E-state index contributed by atoms with van der Waals surface area (Å²) in [6.07, 6.45) is 0.282. The Bertz CT molecular complexity index is 951. The summed E-state index contributed by atoms with van der Waals surface area (Å²) in [5.74, 6) is 0.0103. The molecule has 0 bridgehead atoms. The zero-order valence-corrected chi connectivity index (χ0v) is 16.3. The van der Waals surface area contributed by atoms with Crippen LogP contribution in [0, 0.1) is 13.8 Å². The van der Waals surface area contributed by atoms with Crippen LogP contribution in [0.5, 0.6) is 0 Å². The maximum atomic E-state index is 12.7. The number of benzene rings is 2. The summed E-state index contributed by atoms with van der Waals surface area (Å²) in [6, 6.07) is 14.9. The number of aromatic nitrogens is 2. The van der Waals surface area contributed by atoms with E-state index in [1.54, 1.807) is 28.8 Å². The molecule has 0 saturated carbocycles. The molecule has 4 nitrogen and oxygen atoms in total. The van der Waals surface area contributed by atoms with Crippen LogP contribution >= 0.6 is 23.2 Å². The Balaban J connectivity index is 1.88. The van der Waals surface area contributed by atoms with Gasteiger partial charge in [0.2, 0.25) is 5.91 Å². The maximum Gasteiger partial charge on any atom is 0.231 e. The zero-order chi connectivity index (χ0) is 18.8. The summed E-state index contributed by atoms with van der Waals surface area (Å²) in [5, 5.41) is 5.55. The standard InChI is InChI=1S/C20H19Cl2N3O/c1-13-17(12-20(26)24(3)15-7-5-4-6-8-15)14(2)25(23-13)16-9-10-18(21)19(22)11-16/h4-11H,12H2,1-3H3. The first-order valence-electron chi connectivity index (χ1n) is 8.20. The van der Waals surface area contributed by atoms with E-state index < -0.39 is 0 Å². The van der Waals surface area contributed by atoms with Crippen molar-refractivity contribution >= 4 is 34.8 Å². The first-order chi connectivity index (χ1) is 12.4. The molecule has 0 spiro atoms.